The second-order valence-electron chi connectivity index (χ2n) is 8.03. The van der Waals surface area contributed by atoms with E-state index in [1.54, 1.807) is 0 Å². The van der Waals surface area contributed by atoms with Gasteiger partial charge in [0, 0.05) is 0 Å². The Kier molecular flexibility index (Phi) is 9.04. The van der Waals surface area contributed by atoms with Gasteiger partial charge in [0.25, 0.3) is 0 Å². The molecule has 0 aromatic heterocycles. The van der Waals surface area contributed by atoms with E-state index in [0.717, 1.165) is 0 Å². The maximum absolute atomic E-state index is 10.6. The minimum atomic E-state index is -1.92. The van der Waals surface area contributed by atoms with Gasteiger partial charge in [0.05, 0.1) is 13.2 Å². The van der Waals surface area contributed by atoms with E-state index in [2.05, 4.69) is 0 Å². The zero-order valence-corrected chi connectivity index (χ0v) is 17.6. The third-order valence-electron chi connectivity index (χ3n) is 5.81. The van der Waals surface area contributed by atoms with Crippen LogP contribution in [0.15, 0.2) is 11.5 Å². The number of aliphatic hydroxyl groups excluding tert-OH is 11. The number of ether oxygens (including phenoxy) is 5. The third kappa shape index (κ3) is 5.15. The first-order valence-electron chi connectivity index (χ1n) is 10.3. The van der Waals surface area contributed by atoms with Crippen LogP contribution in [-0.2, 0) is 23.7 Å². The van der Waals surface area contributed by atoms with Crippen LogP contribution >= 0.6 is 0 Å². The van der Waals surface area contributed by atoms with E-state index in [1.807, 2.05) is 0 Å². The average molecular weight is 502 g/mol. The molecule has 34 heavy (non-hydrogen) atoms. The summed E-state index contributed by atoms with van der Waals surface area (Å²) in [5, 5.41) is 109. The molecule has 3 aliphatic rings. The molecule has 13 atom stereocenters. The summed E-state index contributed by atoms with van der Waals surface area (Å²) in [5.41, 5.74) is 0. The highest BCUT2D eigenvalue weighted by Crippen LogP contribution is 2.32. The van der Waals surface area contributed by atoms with Crippen LogP contribution in [0.2, 0.25) is 0 Å². The molecule has 0 aromatic rings. The van der Waals surface area contributed by atoms with Crippen molar-refractivity contribution in [1.29, 1.82) is 0 Å². The fourth-order valence-electron chi connectivity index (χ4n) is 3.85. The predicted molar refractivity (Wildman–Crippen MR) is 101 cm³/mol. The topological polar surface area (TPSA) is 269 Å². The molecule has 3 rings (SSSR count). The molecule has 198 valence electrons. The van der Waals surface area contributed by atoms with E-state index >= 15 is 0 Å². The van der Waals surface area contributed by atoms with Crippen molar-refractivity contribution in [1.82, 2.24) is 0 Å². The zero-order chi connectivity index (χ0) is 25.3. The molecule has 0 spiro atoms. The highest BCUT2D eigenvalue weighted by molar-refractivity contribution is 5.12. The summed E-state index contributed by atoms with van der Waals surface area (Å²) in [6.07, 6.45) is -22.5. The summed E-state index contributed by atoms with van der Waals surface area (Å²) in [4.78, 5) is 0. The summed E-state index contributed by atoms with van der Waals surface area (Å²) < 4.78 is 26.2. The lowest BCUT2D eigenvalue weighted by Crippen LogP contribution is -2.65. The van der Waals surface area contributed by atoms with E-state index in [0.29, 0.717) is 0 Å². The van der Waals surface area contributed by atoms with Crippen LogP contribution in [0.4, 0.5) is 0 Å². The Labute approximate surface area is 192 Å². The Morgan fingerprint density at radius 2 is 1.18 bits per heavy atom. The number of rotatable bonds is 7. The van der Waals surface area contributed by atoms with Gasteiger partial charge < -0.3 is 79.9 Å². The fraction of sp³-hybridized carbons (Fsp3) is 0.889. The van der Waals surface area contributed by atoms with Crippen molar-refractivity contribution in [2.45, 2.75) is 79.9 Å². The molecule has 3 aliphatic heterocycles. The largest absolute Gasteiger partial charge is 0.506 e. The Hall–Kier alpha value is -1.22. The molecule has 2 fully saturated rings. The van der Waals surface area contributed by atoms with Gasteiger partial charge in [-0.05, 0) is 0 Å². The van der Waals surface area contributed by atoms with Crippen LogP contribution in [0, 0.1) is 0 Å². The Morgan fingerprint density at radius 3 is 1.74 bits per heavy atom. The molecule has 11 N–H and O–H groups in total. The van der Waals surface area contributed by atoms with Gasteiger partial charge in [-0.2, -0.15) is 0 Å². The number of hydrogen-bond donors (Lipinski definition) is 11. The van der Waals surface area contributed by atoms with E-state index in [9.17, 15) is 56.2 Å². The van der Waals surface area contributed by atoms with Crippen LogP contribution in [-0.4, -0.2) is 156 Å². The quantitative estimate of drug-likeness (QED) is 0.154. The molecule has 3 heterocycles. The van der Waals surface area contributed by atoms with E-state index < -0.39 is 111 Å². The molecular weight excluding hydrogens is 472 g/mol. The molecule has 0 amide bonds. The van der Waals surface area contributed by atoms with Gasteiger partial charge >= 0.3 is 0 Å². The van der Waals surface area contributed by atoms with Gasteiger partial charge in [-0.1, -0.05) is 0 Å². The molecule has 0 saturated carbocycles. The molecule has 16 heteroatoms. The van der Waals surface area contributed by atoms with Crippen LogP contribution in [0.1, 0.15) is 0 Å². The fourth-order valence-corrected chi connectivity index (χ4v) is 3.85. The molecular formula is C18H30O16. The van der Waals surface area contributed by atoms with Gasteiger partial charge in [-0.15, -0.1) is 0 Å². The first kappa shape index (κ1) is 27.4. The van der Waals surface area contributed by atoms with Crippen molar-refractivity contribution in [3.63, 3.8) is 0 Å². The zero-order valence-electron chi connectivity index (χ0n) is 17.6. The summed E-state index contributed by atoms with van der Waals surface area (Å²) in [7, 11) is 0. The first-order chi connectivity index (χ1) is 16.0. The molecule has 16 nitrogen and oxygen atoms in total. The molecule has 2 saturated heterocycles. The van der Waals surface area contributed by atoms with Crippen molar-refractivity contribution in [2.24, 2.45) is 0 Å². The number of hydrogen-bond acceptors (Lipinski definition) is 16. The highest BCUT2D eigenvalue weighted by atomic mass is 16.7. The van der Waals surface area contributed by atoms with Gasteiger partial charge in [0.2, 0.25) is 6.29 Å². The van der Waals surface area contributed by atoms with Crippen molar-refractivity contribution >= 4 is 0 Å². The van der Waals surface area contributed by atoms with Crippen molar-refractivity contribution in [2.75, 3.05) is 19.8 Å². The maximum atomic E-state index is 10.6. The molecule has 0 aromatic carbocycles. The van der Waals surface area contributed by atoms with Gasteiger partial charge in [0.1, 0.15) is 67.6 Å². The molecule has 0 unspecified atom stereocenters. The van der Waals surface area contributed by atoms with E-state index in [4.69, 9.17) is 23.7 Å². The summed E-state index contributed by atoms with van der Waals surface area (Å²) in [6.45, 7) is -2.46. The highest BCUT2D eigenvalue weighted by Gasteiger charge is 2.52. The van der Waals surface area contributed by atoms with Crippen molar-refractivity contribution in [3.8, 4) is 0 Å². The standard InChI is InChI=1S/C18H30O16/c19-1-4-7(22)8(23)12(27)17(31-4)34-15-6(3-21)32-18(13(28)10(15)25)33-14-5(2-20)30-16(29)11(26)9(14)24/h5-6,8-29H,1-3H2/t5-,6-,8+,9-,10-,11-,12-,13-,14-,15-,16+,17-,18-/m1/s1. The minimum absolute atomic E-state index is 0.515. The Morgan fingerprint density at radius 1 is 0.647 bits per heavy atom. The molecule has 0 radical (unpaired) electrons. The van der Waals surface area contributed by atoms with E-state index in [-0.39, 0.29) is 0 Å². The second kappa shape index (κ2) is 11.2. The van der Waals surface area contributed by atoms with Gasteiger partial charge in [-0.25, -0.2) is 0 Å². The Balaban J connectivity index is 1.73. The lowest BCUT2D eigenvalue weighted by atomic mass is 9.96. The average Bonchev–Trinajstić information content (AvgIpc) is 2.83. The monoisotopic (exact) mass is 502 g/mol. The van der Waals surface area contributed by atoms with E-state index in [1.165, 1.54) is 0 Å². The SMILES string of the molecule is OCC1=C(O)[C@H](O)[C@@H](O)[C@@H](O[C@H]2[C@H](O)[C@@H](O)[C@@H](O[C@H]3[C@H](O)[C@@H](O)[C@@H](O)O[C@@H]3CO)O[C@@H]2CO)O1. The second-order valence-corrected chi connectivity index (χ2v) is 8.03. The Bertz CT molecular complexity index is 701. The normalized spacial score (nSPS) is 48.0. The van der Waals surface area contributed by atoms with Crippen LogP contribution in [0.25, 0.3) is 0 Å². The van der Waals surface area contributed by atoms with Crippen LogP contribution in [0.5, 0.6) is 0 Å². The van der Waals surface area contributed by atoms with Gasteiger partial charge in [0.15, 0.2) is 24.1 Å². The van der Waals surface area contributed by atoms with Gasteiger partial charge in [-0.3, -0.25) is 0 Å². The first-order valence-corrected chi connectivity index (χ1v) is 10.3. The summed E-state index contributed by atoms with van der Waals surface area (Å²) >= 11 is 0. The van der Waals surface area contributed by atoms with Crippen LogP contribution in [0.3, 0.4) is 0 Å². The van der Waals surface area contributed by atoms with Crippen LogP contribution < -0.4 is 0 Å². The summed E-state index contributed by atoms with van der Waals surface area (Å²) in [5.74, 6) is -1.35. The minimum Gasteiger partial charge on any atom is -0.506 e. The van der Waals surface area contributed by atoms with Crippen molar-refractivity contribution in [3.05, 3.63) is 11.5 Å². The lowest BCUT2D eigenvalue weighted by Gasteiger charge is -2.47. The van der Waals surface area contributed by atoms with Crippen molar-refractivity contribution < 1.29 is 79.9 Å². The third-order valence-corrected chi connectivity index (χ3v) is 5.81. The summed E-state index contributed by atoms with van der Waals surface area (Å²) in [6, 6.07) is 0. The maximum Gasteiger partial charge on any atom is 0.229 e. The smallest absolute Gasteiger partial charge is 0.229 e. The predicted octanol–water partition coefficient (Wildman–Crippen LogP) is -6.53. The molecule has 0 bridgehead atoms. The molecule has 0 aliphatic carbocycles. The lowest BCUT2D eigenvalue weighted by molar-refractivity contribution is -0.368. The number of aliphatic hydroxyl groups is 11.